The lowest BCUT2D eigenvalue weighted by atomic mass is 9.82. The average molecular weight is 389 g/mol. The van der Waals surface area contributed by atoms with Crippen LogP contribution in [0.2, 0.25) is 0 Å². The predicted molar refractivity (Wildman–Crippen MR) is 111 cm³/mol. The van der Waals surface area contributed by atoms with Crippen molar-refractivity contribution in [2.75, 3.05) is 18.8 Å². The molecule has 154 valence electrons. The zero-order chi connectivity index (χ0) is 20.9. The van der Waals surface area contributed by atoms with Crippen LogP contribution in [-0.2, 0) is 9.53 Å². The number of rotatable bonds is 6. The zero-order valence-corrected chi connectivity index (χ0v) is 17.5. The number of nitrogens with two attached hydrogens (primary N) is 1. The number of hydrogen-bond acceptors (Lipinski definition) is 5. The normalized spacial score (nSPS) is 16.5. The Morgan fingerprint density at radius 2 is 1.89 bits per heavy atom. The van der Waals surface area contributed by atoms with Crippen molar-refractivity contribution >= 4 is 23.4 Å². The molecule has 7 heteroatoms. The first-order chi connectivity index (χ1) is 13.0. The highest BCUT2D eigenvalue weighted by molar-refractivity contribution is 6.05. The van der Waals surface area contributed by atoms with Crippen molar-refractivity contribution in [2.45, 2.75) is 59.5 Å². The molecule has 0 fully saturated rings. The van der Waals surface area contributed by atoms with Crippen LogP contribution in [0.1, 0.15) is 59.4 Å². The minimum Gasteiger partial charge on any atom is -0.444 e. The topological polar surface area (TPSA) is 97.0 Å². The fourth-order valence-electron chi connectivity index (χ4n) is 2.95. The fraction of sp³-hybridized carbons (Fsp3) is 0.571. The summed E-state index contributed by atoms with van der Waals surface area (Å²) in [5.41, 5.74) is 7.31. The van der Waals surface area contributed by atoms with Gasteiger partial charge in [0.05, 0.1) is 11.1 Å². The Labute approximate surface area is 167 Å². The van der Waals surface area contributed by atoms with Crippen LogP contribution in [0.3, 0.4) is 0 Å². The lowest BCUT2D eigenvalue weighted by molar-refractivity contribution is -0.141. The van der Waals surface area contributed by atoms with Gasteiger partial charge in [0, 0.05) is 25.2 Å². The van der Waals surface area contributed by atoms with Crippen molar-refractivity contribution < 1.29 is 14.3 Å². The molecule has 0 bridgehead atoms. The highest BCUT2D eigenvalue weighted by Crippen LogP contribution is 2.31. The van der Waals surface area contributed by atoms with E-state index < -0.39 is 17.1 Å². The first kappa shape index (κ1) is 21.7. The number of anilines is 1. The second kappa shape index (κ2) is 8.63. The first-order valence-corrected chi connectivity index (χ1v) is 9.70. The Morgan fingerprint density at radius 3 is 2.50 bits per heavy atom. The van der Waals surface area contributed by atoms with Gasteiger partial charge >= 0.3 is 6.09 Å². The van der Waals surface area contributed by atoms with Crippen LogP contribution < -0.4 is 11.1 Å². The van der Waals surface area contributed by atoms with E-state index in [0.717, 1.165) is 24.1 Å². The SMILES string of the molecule is CC(C)(C)OC(=O)NCCCCN1N=C(c2ccc(N)cc2)CC(C)(C)C1=O. The van der Waals surface area contributed by atoms with Crippen LogP contribution >= 0.6 is 0 Å². The number of ether oxygens (including phenoxy) is 1. The monoisotopic (exact) mass is 388 g/mol. The van der Waals surface area contributed by atoms with E-state index in [0.29, 0.717) is 25.2 Å². The van der Waals surface area contributed by atoms with Crippen LogP contribution in [0.5, 0.6) is 0 Å². The summed E-state index contributed by atoms with van der Waals surface area (Å²) in [6, 6.07) is 7.55. The Kier molecular flexibility index (Phi) is 6.69. The van der Waals surface area contributed by atoms with Gasteiger partial charge in [-0.05, 0) is 51.3 Å². The number of carbonyl (C=O) groups excluding carboxylic acids is 2. The van der Waals surface area contributed by atoms with Crippen LogP contribution in [0, 0.1) is 5.41 Å². The third kappa shape index (κ3) is 6.25. The first-order valence-electron chi connectivity index (χ1n) is 9.70. The number of amides is 2. The Bertz CT molecular complexity index is 733. The molecule has 0 aromatic heterocycles. The quantitative estimate of drug-likeness (QED) is 0.575. The highest BCUT2D eigenvalue weighted by atomic mass is 16.6. The summed E-state index contributed by atoms with van der Waals surface area (Å²) in [4.78, 5) is 24.4. The van der Waals surface area contributed by atoms with Gasteiger partial charge in [0.15, 0.2) is 0 Å². The van der Waals surface area contributed by atoms with Gasteiger partial charge in [-0.25, -0.2) is 9.80 Å². The van der Waals surface area contributed by atoms with Crippen molar-refractivity contribution in [3.05, 3.63) is 29.8 Å². The summed E-state index contributed by atoms with van der Waals surface area (Å²) in [6.07, 6.45) is 1.63. The number of nitrogens with zero attached hydrogens (tertiary/aromatic N) is 2. The highest BCUT2D eigenvalue weighted by Gasteiger charge is 2.37. The van der Waals surface area contributed by atoms with Gasteiger partial charge in [0.25, 0.3) is 0 Å². The molecule has 7 nitrogen and oxygen atoms in total. The second-order valence-electron chi connectivity index (χ2n) is 8.79. The number of unbranched alkanes of at least 4 members (excludes halogenated alkanes) is 1. The molecule has 0 unspecified atom stereocenters. The van der Waals surface area contributed by atoms with E-state index >= 15 is 0 Å². The molecule has 0 saturated carbocycles. The molecular formula is C21H32N4O3. The minimum absolute atomic E-state index is 0.0202. The molecule has 1 aliphatic heterocycles. The van der Waals surface area contributed by atoms with E-state index in [9.17, 15) is 9.59 Å². The largest absolute Gasteiger partial charge is 0.444 e. The van der Waals surface area contributed by atoms with Crippen LogP contribution in [0.25, 0.3) is 0 Å². The molecule has 0 atom stereocenters. The minimum atomic E-state index is -0.511. The van der Waals surface area contributed by atoms with E-state index in [4.69, 9.17) is 10.5 Å². The van der Waals surface area contributed by atoms with Crippen molar-refractivity contribution in [1.29, 1.82) is 0 Å². The van der Waals surface area contributed by atoms with E-state index in [-0.39, 0.29) is 5.91 Å². The Hall–Kier alpha value is -2.57. The number of benzene rings is 1. The molecule has 0 spiro atoms. The molecule has 0 radical (unpaired) electrons. The van der Waals surface area contributed by atoms with E-state index in [2.05, 4.69) is 10.4 Å². The van der Waals surface area contributed by atoms with Crippen LogP contribution in [-0.4, -0.2) is 41.4 Å². The summed E-state index contributed by atoms with van der Waals surface area (Å²) >= 11 is 0. The van der Waals surface area contributed by atoms with Gasteiger partial charge in [-0.2, -0.15) is 5.10 Å². The number of alkyl carbamates (subject to hydrolysis) is 1. The van der Waals surface area contributed by atoms with Gasteiger partial charge in [-0.3, -0.25) is 4.79 Å². The van der Waals surface area contributed by atoms with Crippen molar-refractivity contribution in [3.8, 4) is 0 Å². The van der Waals surface area contributed by atoms with Crippen molar-refractivity contribution in [2.24, 2.45) is 10.5 Å². The standard InChI is InChI=1S/C21H32N4O3/c1-20(2,3)28-19(27)23-12-6-7-13-25-18(26)21(4,5)14-17(24-25)15-8-10-16(22)11-9-15/h8-11H,6-7,12-14,22H2,1-5H3,(H,23,27). The summed E-state index contributed by atoms with van der Waals surface area (Å²) in [5, 5.41) is 8.88. The Balaban J connectivity index is 1.91. The number of carbonyl (C=O) groups is 2. The van der Waals surface area contributed by atoms with Crippen LogP contribution in [0.4, 0.5) is 10.5 Å². The summed E-state index contributed by atoms with van der Waals surface area (Å²) in [7, 11) is 0. The number of hydrazone groups is 1. The van der Waals surface area contributed by atoms with Crippen LogP contribution in [0.15, 0.2) is 29.4 Å². The average Bonchev–Trinajstić information content (AvgIpc) is 2.57. The van der Waals surface area contributed by atoms with Gasteiger partial charge in [-0.1, -0.05) is 26.0 Å². The van der Waals surface area contributed by atoms with E-state index in [1.54, 1.807) is 5.01 Å². The van der Waals surface area contributed by atoms with Gasteiger partial charge in [0.1, 0.15) is 5.60 Å². The Morgan fingerprint density at radius 1 is 1.25 bits per heavy atom. The molecule has 0 aliphatic carbocycles. The lowest BCUT2D eigenvalue weighted by Crippen LogP contribution is -2.44. The van der Waals surface area contributed by atoms with Crippen molar-refractivity contribution in [1.82, 2.24) is 10.3 Å². The number of nitrogens with one attached hydrogen (secondary N) is 1. The fourth-order valence-corrected chi connectivity index (χ4v) is 2.95. The summed E-state index contributed by atoms with van der Waals surface area (Å²) in [6.45, 7) is 10.4. The third-order valence-corrected chi connectivity index (χ3v) is 4.37. The molecule has 1 aliphatic rings. The smallest absolute Gasteiger partial charge is 0.407 e. The maximum atomic E-state index is 12.7. The number of hydrogen-bond donors (Lipinski definition) is 2. The number of nitrogen functional groups attached to an aromatic ring is 1. The molecule has 2 amide bonds. The third-order valence-electron chi connectivity index (χ3n) is 4.37. The summed E-state index contributed by atoms with van der Waals surface area (Å²) in [5.74, 6) is 0.0202. The summed E-state index contributed by atoms with van der Waals surface area (Å²) < 4.78 is 5.20. The maximum absolute atomic E-state index is 12.7. The molecule has 2 rings (SSSR count). The molecule has 3 N–H and O–H groups in total. The molecular weight excluding hydrogens is 356 g/mol. The van der Waals surface area contributed by atoms with Gasteiger partial charge in [0.2, 0.25) is 5.91 Å². The molecule has 0 saturated heterocycles. The van der Waals surface area contributed by atoms with Gasteiger partial charge in [-0.15, -0.1) is 0 Å². The molecule has 1 aromatic rings. The maximum Gasteiger partial charge on any atom is 0.407 e. The van der Waals surface area contributed by atoms with Crippen molar-refractivity contribution in [3.63, 3.8) is 0 Å². The molecule has 1 heterocycles. The van der Waals surface area contributed by atoms with Gasteiger partial charge < -0.3 is 15.8 Å². The van der Waals surface area contributed by atoms with E-state index in [1.807, 2.05) is 58.9 Å². The second-order valence-corrected chi connectivity index (χ2v) is 8.79. The molecule has 28 heavy (non-hydrogen) atoms. The zero-order valence-electron chi connectivity index (χ0n) is 17.5. The molecule has 1 aromatic carbocycles. The predicted octanol–water partition coefficient (Wildman–Crippen LogP) is 3.54. The van der Waals surface area contributed by atoms with E-state index in [1.165, 1.54) is 0 Å². The lowest BCUT2D eigenvalue weighted by Gasteiger charge is -2.34.